The first-order valence-corrected chi connectivity index (χ1v) is 8.29. The number of amides is 1. The maximum Gasteiger partial charge on any atom is 0.277 e. The normalized spacial score (nSPS) is 9.96. The zero-order chi connectivity index (χ0) is 19.7. The number of carbonyl (C=O) groups excluding carboxylic acids is 1. The Kier molecular flexibility index (Phi) is 8.67. The van der Waals surface area contributed by atoms with Crippen molar-refractivity contribution in [3.63, 3.8) is 0 Å². The van der Waals surface area contributed by atoms with Crippen LogP contribution in [0.2, 0.25) is 0 Å². The number of benzene rings is 2. The lowest BCUT2D eigenvalue weighted by atomic mass is 10.1. The third-order valence-electron chi connectivity index (χ3n) is 3.32. The van der Waals surface area contributed by atoms with Crippen LogP contribution in [0.3, 0.4) is 0 Å². The van der Waals surface area contributed by atoms with Crippen LogP contribution in [0.25, 0.3) is 0 Å². The molecule has 0 aromatic heterocycles. The average Bonchev–Trinajstić information content (AvgIpc) is 2.63. The molecule has 3 N–H and O–H groups in total. The van der Waals surface area contributed by atoms with Crippen molar-refractivity contribution in [1.29, 1.82) is 0 Å². The first kappa shape index (κ1) is 21.5. The average molecular weight is 366 g/mol. The first-order chi connectivity index (χ1) is 12.4. The molecule has 0 aliphatic carbocycles. The summed E-state index contributed by atoms with van der Waals surface area (Å²) >= 11 is 0. The van der Waals surface area contributed by atoms with Crippen molar-refractivity contribution in [2.75, 3.05) is 18.5 Å². The molecular formula is C19H24F2N2O3. The molecule has 0 saturated carbocycles. The lowest BCUT2D eigenvalue weighted by Gasteiger charge is -2.15. The molecule has 0 saturated heterocycles. The van der Waals surface area contributed by atoms with E-state index in [0.717, 1.165) is 5.56 Å². The zero-order valence-electron chi connectivity index (χ0n) is 15.3. The quantitative estimate of drug-likeness (QED) is 0.534. The lowest BCUT2D eigenvalue weighted by molar-refractivity contribution is 0.0168. The number of aliphatic hydroxyl groups is 1. The van der Waals surface area contributed by atoms with Crippen LogP contribution in [0.15, 0.2) is 30.3 Å². The Labute approximate surface area is 152 Å². The summed E-state index contributed by atoms with van der Waals surface area (Å²) in [5.41, 5.74) is 2.98. The molecule has 2 aromatic rings. The summed E-state index contributed by atoms with van der Waals surface area (Å²) in [6.07, 6.45) is 0. The van der Waals surface area contributed by atoms with Crippen molar-refractivity contribution in [2.45, 2.75) is 27.7 Å². The third-order valence-corrected chi connectivity index (χ3v) is 3.32. The number of rotatable bonds is 6. The van der Waals surface area contributed by atoms with E-state index in [1.807, 2.05) is 13.8 Å². The highest BCUT2D eigenvalue weighted by atomic mass is 19.1. The molecule has 0 radical (unpaired) electrons. The molecule has 2 aromatic carbocycles. The van der Waals surface area contributed by atoms with Crippen molar-refractivity contribution >= 4 is 17.3 Å². The monoisotopic (exact) mass is 366 g/mol. The number of hydroxylamine groups is 1. The van der Waals surface area contributed by atoms with Crippen LogP contribution < -0.4 is 10.8 Å². The molecule has 0 unspecified atom stereocenters. The van der Waals surface area contributed by atoms with Gasteiger partial charge in [0.25, 0.3) is 5.91 Å². The number of anilines is 2. The Balaban J connectivity index is 0.00000163. The maximum atomic E-state index is 14.5. The number of hydrogen-bond acceptors (Lipinski definition) is 4. The van der Waals surface area contributed by atoms with Gasteiger partial charge in [-0.3, -0.25) is 9.63 Å². The van der Waals surface area contributed by atoms with Crippen LogP contribution >= 0.6 is 0 Å². The van der Waals surface area contributed by atoms with E-state index < -0.39 is 17.5 Å². The Morgan fingerprint density at radius 3 is 2.46 bits per heavy atom. The molecule has 0 atom stereocenters. The fraction of sp³-hybridized carbons (Fsp3) is 0.316. The van der Waals surface area contributed by atoms with Crippen LogP contribution in [0.5, 0.6) is 0 Å². The van der Waals surface area contributed by atoms with E-state index in [0.29, 0.717) is 5.56 Å². The summed E-state index contributed by atoms with van der Waals surface area (Å²) in [6.45, 7) is 6.89. The van der Waals surface area contributed by atoms with Crippen molar-refractivity contribution in [2.24, 2.45) is 0 Å². The van der Waals surface area contributed by atoms with Gasteiger partial charge in [0.15, 0.2) is 0 Å². The predicted molar refractivity (Wildman–Crippen MR) is 97.4 cm³/mol. The third kappa shape index (κ3) is 5.50. The number of carbonyl (C=O) groups is 1. The van der Waals surface area contributed by atoms with Crippen LogP contribution in [0, 0.1) is 25.5 Å². The molecule has 0 fully saturated rings. The molecule has 0 heterocycles. The maximum absolute atomic E-state index is 14.5. The number of nitrogens with one attached hydrogen (secondary N) is 2. The molecule has 0 spiro atoms. The van der Waals surface area contributed by atoms with Gasteiger partial charge in [0.1, 0.15) is 11.6 Å². The summed E-state index contributed by atoms with van der Waals surface area (Å²) in [6, 6.07) is 7.29. The SMILES string of the molecule is CC.Cc1ccc(Nc2c(C(=O)NOCCO)ccc(C)c2F)c(F)c1. The standard InChI is InChI=1S/C17H18F2N2O3.C2H6/c1-10-3-6-14(13(18)9-10)20-16-12(5-4-11(2)15(16)19)17(23)21-24-8-7-22;1-2/h3-6,9,20,22H,7-8H2,1-2H3,(H,21,23);1-2H3. The summed E-state index contributed by atoms with van der Waals surface area (Å²) in [5, 5.41) is 11.3. The second kappa shape index (κ2) is 10.5. The molecular weight excluding hydrogens is 342 g/mol. The summed E-state index contributed by atoms with van der Waals surface area (Å²) in [4.78, 5) is 16.9. The van der Waals surface area contributed by atoms with Gasteiger partial charge >= 0.3 is 0 Å². The van der Waals surface area contributed by atoms with Gasteiger partial charge in [0.2, 0.25) is 0 Å². The van der Waals surface area contributed by atoms with Gasteiger partial charge in [0.05, 0.1) is 30.2 Å². The fourth-order valence-electron chi connectivity index (χ4n) is 2.07. The Hall–Kier alpha value is -2.51. The summed E-state index contributed by atoms with van der Waals surface area (Å²) in [5.74, 6) is -1.93. The van der Waals surface area contributed by atoms with E-state index in [1.54, 1.807) is 13.0 Å². The van der Waals surface area contributed by atoms with E-state index in [9.17, 15) is 13.6 Å². The minimum atomic E-state index is -0.711. The largest absolute Gasteiger partial charge is 0.394 e. The van der Waals surface area contributed by atoms with Crippen LogP contribution in [0.4, 0.5) is 20.2 Å². The Morgan fingerprint density at radius 1 is 1.15 bits per heavy atom. The van der Waals surface area contributed by atoms with E-state index in [-0.39, 0.29) is 30.2 Å². The van der Waals surface area contributed by atoms with Crippen molar-refractivity contribution in [3.05, 3.63) is 58.7 Å². The molecule has 2 rings (SSSR count). The summed E-state index contributed by atoms with van der Waals surface area (Å²) in [7, 11) is 0. The van der Waals surface area contributed by atoms with Gasteiger partial charge < -0.3 is 10.4 Å². The van der Waals surface area contributed by atoms with Gasteiger partial charge in [0, 0.05) is 0 Å². The second-order valence-electron chi connectivity index (χ2n) is 5.23. The van der Waals surface area contributed by atoms with Crippen molar-refractivity contribution < 1.29 is 23.5 Å². The Bertz CT molecular complexity index is 752. The highest BCUT2D eigenvalue weighted by molar-refractivity contribution is 6.00. The molecule has 26 heavy (non-hydrogen) atoms. The number of hydrogen-bond donors (Lipinski definition) is 3. The minimum absolute atomic E-state index is 0.0454. The number of aryl methyl sites for hydroxylation is 2. The number of aliphatic hydroxyl groups excluding tert-OH is 1. The van der Waals surface area contributed by atoms with E-state index in [4.69, 9.17) is 9.94 Å². The van der Waals surface area contributed by atoms with E-state index in [1.165, 1.54) is 31.2 Å². The second-order valence-corrected chi connectivity index (χ2v) is 5.23. The molecule has 1 amide bonds. The van der Waals surface area contributed by atoms with Gasteiger partial charge in [-0.2, -0.15) is 0 Å². The molecule has 142 valence electrons. The van der Waals surface area contributed by atoms with Crippen molar-refractivity contribution in [1.82, 2.24) is 5.48 Å². The van der Waals surface area contributed by atoms with E-state index in [2.05, 4.69) is 10.8 Å². The fourth-order valence-corrected chi connectivity index (χ4v) is 2.07. The summed E-state index contributed by atoms with van der Waals surface area (Å²) < 4.78 is 28.5. The highest BCUT2D eigenvalue weighted by Crippen LogP contribution is 2.28. The van der Waals surface area contributed by atoms with Gasteiger partial charge in [-0.1, -0.05) is 26.0 Å². The smallest absolute Gasteiger partial charge is 0.277 e. The molecule has 0 bridgehead atoms. The zero-order valence-corrected chi connectivity index (χ0v) is 15.3. The Morgan fingerprint density at radius 2 is 1.85 bits per heavy atom. The molecule has 7 heteroatoms. The minimum Gasteiger partial charge on any atom is -0.394 e. The first-order valence-electron chi connectivity index (χ1n) is 8.29. The topological polar surface area (TPSA) is 70.6 Å². The lowest BCUT2D eigenvalue weighted by Crippen LogP contribution is -2.26. The van der Waals surface area contributed by atoms with Crippen LogP contribution in [0.1, 0.15) is 35.3 Å². The van der Waals surface area contributed by atoms with E-state index >= 15 is 0 Å². The highest BCUT2D eigenvalue weighted by Gasteiger charge is 2.18. The van der Waals surface area contributed by atoms with Gasteiger partial charge in [-0.15, -0.1) is 0 Å². The molecule has 0 aliphatic heterocycles. The van der Waals surface area contributed by atoms with Gasteiger partial charge in [-0.05, 0) is 43.2 Å². The van der Waals surface area contributed by atoms with Crippen LogP contribution in [-0.2, 0) is 4.84 Å². The number of halogens is 2. The van der Waals surface area contributed by atoms with Crippen LogP contribution in [-0.4, -0.2) is 24.2 Å². The predicted octanol–water partition coefficient (Wildman–Crippen LogP) is 4.01. The molecule has 0 aliphatic rings. The van der Waals surface area contributed by atoms with Crippen molar-refractivity contribution in [3.8, 4) is 0 Å². The molecule has 5 nitrogen and oxygen atoms in total. The van der Waals surface area contributed by atoms with Gasteiger partial charge in [-0.25, -0.2) is 14.3 Å².